The first-order valence-corrected chi connectivity index (χ1v) is 7.40. The van der Waals surface area contributed by atoms with Crippen LogP contribution in [0.1, 0.15) is 18.0 Å². The number of benzene rings is 1. The summed E-state index contributed by atoms with van der Waals surface area (Å²) < 4.78 is 0.985. The minimum atomic E-state index is 0. The second-order valence-corrected chi connectivity index (χ2v) is 5.80. The molecule has 108 valence electrons. The number of hydrogen-bond acceptors (Lipinski definition) is 3. The first-order valence-electron chi connectivity index (χ1n) is 6.23. The molecule has 6 heteroatoms. The summed E-state index contributed by atoms with van der Waals surface area (Å²) in [6, 6.07) is 6.18. The fraction of sp³-hybridized carbons (Fsp3) is 0.538. The normalized spacial score (nSPS) is 17.8. The maximum absolute atomic E-state index is 9.28. The fourth-order valence-electron chi connectivity index (χ4n) is 2.42. The molecule has 0 radical (unpaired) electrons. The van der Waals surface area contributed by atoms with E-state index in [0.29, 0.717) is 0 Å². The number of rotatable bonds is 4. The van der Waals surface area contributed by atoms with Crippen LogP contribution < -0.4 is 5.32 Å². The average molecular weight is 370 g/mol. The fourth-order valence-corrected chi connectivity index (χ4v) is 3.22. The summed E-state index contributed by atoms with van der Waals surface area (Å²) in [5.74, 6) is 0. The van der Waals surface area contributed by atoms with Crippen LogP contribution in [0.4, 0.5) is 0 Å². The molecule has 1 aliphatic heterocycles. The molecule has 2 rings (SSSR count). The van der Waals surface area contributed by atoms with E-state index >= 15 is 0 Å². The van der Waals surface area contributed by atoms with E-state index in [-0.39, 0.29) is 25.1 Å². The van der Waals surface area contributed by atoms with Crippen molar-refractivity contribution in [3.05, 3.63) is 33.3 Å². The van der Waals surface area contributed by atoms with Gasteiger partial charge in [0.1, 0.15) is 0 Å². The lowest BCUT2D eigenvalue weighted by molar-refractivity contribution is 0.141. The van der Waals surface area contributed by atoms with E-state index in [4.69, 9.17) is 11.6 Å². The summed E-state index contributed by atoms with van der Waals surface area (Å²) in [6.45, 7) is 4.17. The molecule has 0 aliphatic carbocycles. The molecule has 0 saturated carbocycles. The van der Waals surface area contributed by atoms with Crippen LogP contribution in [0, 0.1) is 0 Å². The second-order valence-electron chi connectivity index (χ2n) is 4.48. The topological polar surface area (TPSA) is 35.5 Å². The first-order chi connectivity index (χ1) is 8.72. The Morgan fingerprint density at radius 3 is 2.63 bits per heavy atom. The third-order valence-corrected chi connectivity index (χ3v) is 4.14. The number of aliphatic hydroxyl groups is 1. The quantitative estimate of drug-likeness (QED) is 0.856. The Hall–Kier alpha value is 0.160. The third kappa shape index (κ3) is 4.59. The van der Waals surface area contributed by atoms with Gasteiger partial charge in [-0.15, -0.1) is 12.4 Å². The van der Waals surface area contributed by atoms with Crippen LogP contribution in [0.3, 0.4) is 0 Å². The Kier molecular flexibility index (Phi) is 7.65. The summed E-state index contributed by atoms with van der Waals surface area (Å²) in [5, 5.41) is 13.4. The van der Waals surface area contributed by atoms with Crippen molar-refractivity contribution in [3.8, 4) is 0 Å². The molecule has 0 bridgehead atoms. The molecule has 3 nitrogen and oxygen atoms in total. The SMILES string of the molecule is Cl.OCC[C@@H](c1ccc(Br)cc1Cl)N1CCNCC1. The van der Waals surface area contributed by atoms with Crippen LogP contribution in [0.15, 0.2) is 22.7 Å². The lowest BCUT2D eigenvalue weighted by Crippen LogP contribution is -2.45. The zero-order chi connectivity index (χ0) is 13.0. The van der Waals surface area contributed by atoms with Crippen molar-refractivity contribution in [3.63, 3.8) is 0 Å². The highest BCUT2D eigenvalue weighted by atomic mass is 79.9. The summed E-state index contributed by atoms with van der Waals surface area (Å²) >= 11 is 9.75. The van der Waals surface area contributed by atoms with Gasteiger partial charge >= 0.3 is 0 Å². The number of nitrogens with zero attached hydrogens (tertiary/aromatic N) is 1. The maximum atomic E-state index is 9.28. The second kappa shape index (κ2) is 8.45. The van der Waals surface area contributed by atoms with Crippen molar-refractivity contribution in [2.45, 2.75) is 12.5 Å². The van der Waals surface area contributed by atoms with Crippen LogP contribution in [-0.4, -0.2) is 42.8 Å². The van der Waals surface area contributed by atoms with Gasteiger partial charge in [0.05, 0.1) is 0 Å². The van der Waals surface area contributed by atoms with Gasteiger partial charge < -0.3 is 10.4 Å². The van der Waals surface area contributed by atoms with Crippen molar-refractivity contribution in [1.82, 2.24) is 10.2 Å². The highest BCUT2D eigenvalue weighted by Crippen LogP contribution is 2.32. The van der Waals surface area contributed by atoms with Crippen LogP contribution in [-0.2, 0) is 0 Å². The number of nitrogens with one attached hydrogen (secondary N) is 1. The van der Waals surface area contributed by atoms with Gasteiger partial charge in [-0.25, -0.2) is 0 Å². The predicted molar refractivity (Wildman–Crippen MR) is 85.3 cm³/mol. The van der Waals surface area contributed by atoms with E-state index in [2.05, 4.69) is 32.2 Å². The molecule has 1 fully saturated rings. The van der Waals surface area contributed by atoms with E-state index in [0.717, 1.165) is 47.7 Å². The van der Waals surface area contributed by atoms with Crippen molar-refractivity contribution in [2.24, 2.45) is 0 Å². The molecular weight excluding hydrogens is 351 g/mol. The summed E-state index contributed by atoms with van der Waals surface area (Å²) in [7, 11) is 0. The van der Waals surface area contributed by atoms with Gasteiger partial charge in [0.15, 0.2) is 0 Å². The Morgan fingerprint density at radius 1 is 1.37 bits per heavy atom. The molecule has 0 aromatic heterocycles. The molecule has 1 aromatic carbocycles. The van der Waals surface area contributed by atoms with Crippen LogP contribution >= 0.6 is 39.9 Å². The van der Waals surface area contributed by atoms with Gasteiger partial charge in [-0.1, -0.05) is 33.6 Å². The molecule has 2 N–H and O–H groups in total. The number of piperazine rings is 1. The van der Waals surface area contributed by atoms with Crippen molar-refractivity contribution in [2.75, 3.05) is 32.8 Å². The highest BCUT2D eigenvalue weighted by molar-refractivity contribution is 9.10. The molecule has 19 heavy (non-hydrogen) atoms. The lowest BCUT2D eigenvalue weighted by Gasteiger charge is -2.35. The van der Waals surface area contributed by atoms with E-state index < -0.39 is 0 Å². The highest BCUT2D eigenvalue weighted by Gasteiger charge is 2.23. The van der Waals surface area contributed by atoms with E-state index in [1.165, 1.54) is 0 Å². The molecule has 1 aromatic rings. The van der Waals surface area contributed by atoms with Crippen molar-refractivity contribution < 1.29 is 5.11 Å². The molecule has 0 amide bonds. The van der Waals surface area contributed by atoms with Crippen LogP contribution in [0.25, 0.3) is 0 Å². The smallest absolute Gasteiger partial charge is 0.0465 e. The minimum Gasteiger partial charge on any atom is -0.396 e. The van der Waals surface area contributed by atoms with E-state index in [1.54, 1.807) is 0 Å². The molecule has 1 heterocycles. The van der Waals surface area contributed by atoms with Crippen LogP contribution in [0.2, 0.25) is 5.02 Å². The third-order valence-electron chi connectivity index (χ3n) is 3.32. The summed E-state index contributed by atoms with van der Waals surface area (Å²) in [5.41, 5.74) is 1.11. The van der Waals surface area contributed by atoms with Crippen molar-refractivity contribution >= 4 is 39.9 Å². The number of halogens is 3. The number of hydrogen-bond donors (Lipinski definition) is 2. The standard InChI is InChI=1S/C13H18BrClN2O.ClH/c14-10-1-2-11(12(15)9-10)13(3-8-18)17-6-4-16-5-7-17;/h1-2,9,13,16,18H,3-8H2;1H/t13-;/m0./s1. The van der Waals surface area contributed by atoms with Gasteiger partial charge in [0.25, 0.3) is 0 Å². The molecule has 1 atom stereocenters. The van der Waals surface area contributed by atoms with Gasteiger partial charge in [-0.2, -0.15) is 0 Å². The zero-order valence-corrected chi connectivity index (χ0v) is 13.8. The molecule has 0 unspecified atom stereocenters. The molecular formula is C13H19BrCl2N2O. The van der Waals surface area contributed by atoms with Gasteiger partial charge in [0.2, 0.25) is 0 Å². The van der Waals surface area contributed by atoms with Gasteiger partial charge in [-0.3, -0.25) is 4.90 Å². The molecule has 1 saturated heterocycles. The van der Waals surface area contributed by atoms with E-state index in [1.807, 2.05) is 12.1 Å². The molecule has 1 aliphatic rings. The largest absolute Gasteiger partial charge is 0.396 e. The molecule has 0 spiro atoms. The summed E-state index contributed by atoms with van der Waals surface area (Å²) in [4.78, 5) is 2.39. The average Bonchev–Trinajstić information content (AvgIpc) is 2.38. The zero-order valence-electron chi connectivity index (χ0n) is 10.6. The Bertz CT molecular complexity index is 400. The van der Waals surface area contributed by atoms with Crippen LogP contribution in [0.5, 0.6) is 0 Å². The minimum absolute atomic E-state index is 0. The van der Waals surface area contributed by atoms with Gasteiger partial charge in [-0.05, 0) is 24.1 Å². The first kappa shape index (κ1) is 17.2. The Morgan fingerprint density at radius 2 is 2.05 bits per heavy atom. The maximum Gasteiger partial charge on any atom is 0.0465 e. The summed E-state index contributed by atoms with van der Waals surface area (Å²) in [6.07, 6.45) is 0.724. The predicted octanol–water partition coefficient (Wildman–Crippen LogP) is 2.85. The number of aliphatic hydroxyl groups excluding tert-OH is 1. The van der Waals surface area contributed by atoms with Crippen molar-refractivity contribution in [1.29, 1.82) is 0 Å². The lowest BCUT2D eigenvalue weighted by atomic mass is 10.0. The van der Waals surface area contributed by atoms with Gasteiger partial charge in [0, 0.05) is 48.3 Å². The van der Waals surface area contributed by atoms with E-state index in [9.17, 15) is 5.11 Å². The Balaban J connectivity index is 0.00000180. The Labute approximate surface area is 133 Å². The monoisotopic (exact) mass is 368 g/mol.